The molecule has 1 unspecified atom stereocenters. The Hall–Kier alpha value is -3.29. The van der Waals surface area contributed by atoms with Gasteiger partial charge in [0.15, 0.2) is 5.43 Å². The predicted octanol–water partition coefficient (Wildman–Crippen LogP) is 4.20. The first kappa shape index (κ1) is 21.9. The lowest BCUT2D eigenvalue weighted by molar-refractivity contribution is 0.0693. The molecule has 1 aliphatic heterocycles. The van der Waals surface area contributed by atoms with Crippen LogP contribution in [0.4, 0.5) is 0 Å². The number of nitrogens with zero attached hydrogens (tertiary/aromatic N) is 1. The normalized spacial score (nSPS) is 14.8. The number of halogens is 1. The number of ether oxygens (including phenoxy) is 2. The van der Waals surface area contributed by atoms with Gasteiger partial charge in [0.05, 0.1) is 23.9 Å². The van der Waals surface area contributed by atoms with Gasteiger partial charge in [-0.15, -0.1) is 0 Å². The molecule has 8 heteroatoms. The number of aliphatic hydroxyl groups is 1. The van der Waals surface area contributed by atoms with Crippen molar-refractivity contribution in [1.82, 2.24) is 4.57 Å². The molecule has 4 rings (SSSR count). The third kappa shape index (κ3) is 4.09. The van der Waals surface area contributed by atoms with E-state index in [0.717, 1.165) is 5.56 Å². The zero-order chi connectivity index (χ0) is 23.0. The lowest BCUT2D eigenvalue weighted by Crippen LogP contribution is -2.28. The van der Waals surface area contributed by atoms with Gasteiger partial charge >= 0.3 is 5.97 Å². The Morgan fingerprint density at radius 1 is 1.22 bits per heavy atom. The molecule has 1 aromatic heterocycles. The fourth-order valence-electron chi connectivity index (χ4n) is 3.41. The average molecular weight is 456 g/mol. The Bertz CT molecular complexity index is 1240. The molecule has 0 radical (unpaired) electrons. The first-order valence-corrected chi connectivity index (χ1v) is 10.4. The SMILES string of the molecule is CC(C)(CO)COc1cc2c(cc1Cl)-c1cc(=O)c(C(=O)O)cn1C(c1ccccc1)O2. The summed E-state index contributed by atoms with van der Waals surface area (Å²) < 4.78 is 13.7. The summed E-state index contributed by atoms with van der Waals surface area (Å²) in [4.78, 5) is 24.0. The van der Waals surface area contributed by atoms with Crippen LogP contribution in [0.2, 0.25) is 5.02 Å². The average Bonchev–Trinajstić information content (AvgIpc) is 2.77. The van der Waals surface area contributed by atoms with Crippen LogP contribution >= 0.6 is 11.6 Å². The van der Waals surface area contributed by atoms with E-state index in [-0.39, 0.29) is 18.8 Å². The van der Waals surface area contributed by atoms with Gasteiger partial charge in [-0.3, -0.25) is 4.79 Å². The number of aromatic carboxylic acids is 1. The highest BCUT2D eigenvalue weighted by molar-refractivity contribution is 6.32. The van der Waals surface area contributed by atoms with Crippen molar-refractivity contribution in [3.63, 3.8) is 0 Å². The standard InChI is InChI=1S/C24H22ClNO6/c1-24(2,12-27)13-31-21-10-20-15(8-17(21)25)18-9-19(28)16(23(29)30)11-26(18)22(32-20)14-6-4-3-5-7-14/h3-11,22,27H,12-13H2,1-2H3,(H,29,30). The van der Waals surface area contributed by atoms with Crippen LogP contribution in [0.15, 0.2) is 59.5 Å². The molecule has 166 valence electrons. The highest BCUT2D eigenvalue weighted by atomic mass is 35.5. The number of aliphatic hydroxyl groups excluding tert-OH is 1. The third-order valence-electron chi connectivity index (χ3n) is 5.24. The fraction of sp³-hybridized carbons (Fsp3) is 0.250. The Morgan fingerprint density at radius 3 is 2.59 bits per heavy atom. The second-order valence-electron chi connectivity index (χ2n) is 8.42. The van der Waals surface area contributed by atoms with Crippen molar-refractivity contribution in [2.75, 3.05) is 13.2 Å². The van der Waals surface area contributed by atoms with Gasteiger partial charge in [0, 0.05) is 34.9 Å². The van der Waals surface area contributed by atoms with Crippen LogP contribution in [0, 0.1) is 5.41 Å². The molecule has 2 aromatic carbocycles. The molecular formula is C24H22ClNO6. The van der Waals surface area contributed by atoms with E-state index in [1.807, 2.05) is 44.2 Å². The van der Waals surface area contributed by atoms with Crippen molar-refractivity contribution in [3.05, 3.63) is 81.1 Å². The van der Waals surface area contributed by atoms with Crippen molar-refractivity contribution < 1.29 is 24.5 Å². The zero-order valence-corrected chi connectivity index (χ0v) is 18.3. The van der Waals surface area contributed by atoms with Gasteiger partial charge in [-0.2, -0.15) is 0 Å². The lowest BCUT2D eigenvalue weighted by atomic mass is 9.96. The Morgan fingerprint density at radius 2 is 1.94 bits per heavy atom. The summed E-state index contributed by atoms with van der Waals surface area (Å²) in [6, 6.07) is 13.8. The molecule has 0 spiro atoms. The number of benzene rings is 2. The first-order chi connectivity index (χ1) is 15.2. The van der Waals surface area contributed by atoms with E-state index < -0.39 is 23.0 Å². The number of pyridine rings is 1. The topological polar surface area (TPSA) is 98.0 Å². The van der Waals surface area contributed by atoms with Crippen LogP contribution in [-0.2, 0) is 0 Å². The van der Waals surface area contributed by atoms with Gasteiger partial charge in [0.1, 0.15) is 17.1 Å². The molecule has 1 atom stereocenters. The summed E-state index contributed by atoms with van der Waals surface area (Å²) in [6.45, 7) is 3.92. The number of carboxylic acids is 1. The number of hydrogen-bond donors (Lipinski definition) is 2. The molecule has 0 fully saturated rings. The summed E-state index contributed by atoms with van der Waals surface area (Å²) in [7, 11) is 0. The second kappa shape index (κ2) is 8.33. The van der Waals surface area contributed by atoms with Gasteiger partial charge < -0.3 is 24.3 Å². The van der Waals surface area contributed by atoms with Crippen molar-refractivity contribution in [3.8, 4) is 22.8 Å². The maximum absolute atomic E-state index is 12.5. The maximum Gasteiger partial charge on any atom is 0.341 e. The summed E-state index contributed by atoms with van der Waals surface area (Å²) in [6.07, 6.45) is 0.600. The van der Waals surface area contributed by atoms with Crippen LogP contribution < -0.4 is 14.9 Å². The number of hydrogen-bond acceptors (Lipinski definition) is 5. The van der Waals surface area contributed by atoms with Crippen LogP contribution in [0.1, 0.15) is 36.0 Å². The molecule has 0 aliphatic carbocycles. The number of fused-ring (bicyclic) bond motifs is 3. The fourth-order valence-corrected chi connectivity index (χ4v) is 3.62. The molecule has 0 amide bonds. The monoisotopic (exact) mass is 455 g/mol. The second-order valence-corrected chi connectivity index (χ2v) is 8.83. The van der Waals surface area contributed by atoms with E-state index in [1.165, 1.54) is 12.3 Å². The van der Waals surface area contributed by atoms with E-state index in [1.54, 1.807) is 16.7 Å². The van der Waals surface area contributed by atoms with Gasteiger partial charge in [-0.1, -0.05) is 55.8 Å². The highest BCUT2D eigenvalue weighted by Crippen LogP contribution is 2.44. The smallest absolute Gasteiger partial charge is 0.341 e. The van der Waals surface area contributed by atoms with Crippen LogP contribution in [-0.4, -0.2) is 34.0 Å². The van der Waals surface area contributed by atoms with Gasteiger partial charge in [-0.25, -0.2) is 4.79 Å². The molecule has 2 N–H and O–H groups in total. The Labute approximate surface area is 189 Å². The molecule has 7 nitrogen and oxygen atoms in total. The molecule has 32 heavy (non-hydrogen) atoms. The van der Waals surface area contributed by atoms with Crippen molar-refractivity contribution in [2.24, 2.45) is 5.41 Å². The Kier molecular flexibility index (Phi) is 5.71. The molecule has 1 aliphatic rings. The van der Waals surface area contributed by atoms with E-state index in [0.29, 0.717) is 27.8 Å². The van der Waals surface area contributed by atoms with Crippen LogP contribution in [0.3, 0.4) is 0 Å². The highest BCUT2D eigenvalue weighted by Gasteiger charge is 2.30. The number of carboxylic acid groups (broad SMARTS) is 1. The summed E-state index contributed by atoms with van der Waals surface area (Å²) in [5, 5.41) is 19.2. The van der Waals surface area contributed by atoms with Crippen molar-refractivity contribution in [2.45, 2.75) is 20.1 Å². The summed E-state index contributed by atoms with van der Waals surface area (Å²) >= 11 is 6.45. The largest absolute Gasteiger partial charge is 0.491 e. The van der Waals surface area contributed by atoms with Gasteiger partial charge in [0.2, 0.25) is 6.23 Å². The first-order valence-electron chi connectivity index (χ1n) is 9.99. The summed E-state index contributed by atoms with van der Waals surface area (Å²) in [5.74, 6) is -0.476. The quantitative estimate of drug-likeness (QED) is 0.578. The van der Waals surface area contributed by atoms with Crippen LogP contribution in [0.5, 0.6) is 11.5 Å². The molecule has 0 bridgehead atoms. The number of aromatic nitrogens is 1. The molecule has 2 heterocycles. The van der Waals surface area contributed by atoms with Crippen molar-refractivity contribution >= 4 is 17.6 Å². The maximum atomic E-state index is 12.5. The predicted molar refractivity (Wildman–Crippen MR) is 120 cm³/mol. The van der Waals surface area contributed by atoms with E-state index in [2.05, 4.69) is 0 Å². The minimum atomic E-state index is -1.31. The molecular weight excluding hydrogens is 434 g/mol. The van der Waals surface area contributed by atoms with Crippen molar-refractivity contribution in [1.29, 1.82) is 0 Å². The van der Waals surface area contributed by atoms with Gasteiger partial charge in [-0.05, 0) is 6.07 Å². The van der Waals surface area contributed by atoms with Gasteiger partial charge in [0.25, 0.3) is 0 Å². The van der Waals surface area contributed by atoms with E-state index in [4.69, 9.17) is 21.1 Å². The van der Waals surface area contributed by atoms with Crippen LogP contribution in [0.25, 0.3) is 11.3 Å². The minimum Gasteiger partial charge on any atom is -0.491 e. The zero-order valence-electron chi connectivity index (χ0n) is 17.5. The summed E-state index contributed by atoms with van der Waals surface area (Å²) in [5.41, 5.74) is 0.394. The Balaban J connectivity index is 1.86. The molecule has 3 aromatic rings. The molecule has 0 saturated carbocycles. The lowest BCUT2D eigenvalue weighted by Gasteiger charge is -2.32. The minimum absolute atomic E-state index is 0.0512. The number of rotatable bonds is 6. The number of carbonyl (C=O) groups is 1. The third-order valence-corrected chi connectivity index (χ3v) is 5.54. The molecule has 0 saturated heterocycles. The van der Waals surface area contributed by atoms with E-state index in [9.17, 15) is 19.8 Å². The van der Waals surface area contributed by atoms with E-state index >= 15 is 0 Å².